The predicted molar refractivity (Wildman–Crippen MR) is 74.7 cm³/mol. The molecule has 18 heavy (non-hydrogen) atoms. The summed E-state index contributed by atoms with van der Waals surface area (Å²) in [6.07, 6.45) is 0. The molecule has 0 heterocycles. The highest BCUT2D eigenvalue weighted by Gasteiger charge is 2.17. The maximum absolute atomic E-state index is 12.3. The highest BCUT2D eigenvalue weighted by Crippen LogP contribution is 2.19. The lowest BCUT2D eigenvalue weighted by Gasteiger charge is -2.22. The van der Waals surface area contributed by atoms with E-state index in [1.807, 2.05) is 13.0 Å². The van der Waals surface area contributed by atoms with Crippen molar-refractivity contribution in [3.8, 4) is 0 Å². The van der Waals surface area contributed by atoms with E-state index in [4.69, 9.17) is 27.9 Å². The fourth-order valence-corrected chi connectivity index (χ4v) is 2.10. The molecule has 0 fully saturated rings. The summed E-state index contributed by atoms with van der Waals surface area (Å²) in [6, 6.07) is 5.40. The molecule has 0 unspecified atom stereocenters. The summed E-state index contributed by atoms with van der Waals surface area (Å²) in [5.74, 6) is 0.275. The number of alkyl halides is 1. The lowest BCUT2D eigenvalue weighted by atomic mass is 10.1. The number of nitrogens with zero attached hydrogens (tertiary/aromatic N) is 1. The third-order valence-corrected chi connectivity index (χ3v) is 3.04. The van der Waals surface area contributed by atoms with Crippen LogP contribution in [-0.2, 0) is 4.74 Å². The summed E-state index contributed by atoms with van der Waals surface area (Å²) in [6.45, 7) is 3.40. The lowest BCUT2D eigenvalue weighted by molar-refractivity contribution is 0.0708. The molecule has 0 aliphatic carbocycles. The molecule has 0 aliphatic rings. The van der Waals surface area contributed by atoms with Gasteiger partial charge in [0, 0.05) is 26.1 Å². The average molecular weight is 290 g/mol. The van der Waals surface area contributed by atoms with Crippen molar-refractivity contribution in [1.82, 2.24) is 4.90 Å². The first kappa shape index (κ1) is 15.3. The van der Waals surface area contributed by atoms with Gasteiger partial charge in [-0.25, -0.2) is 0 Å². The number of ether oxygens (including phenoxy) is 1. The molecule has 5 heteroatoms. The Kier molecular flexibility index (Phi) is 6.47. The maximum Gasteiger partial charge on any atom is 0.255 e. The van der Waals surface area contributed by atoms with Gasteiger partial charge in [0.2, 0.25) is 0 Å². The van der Waals surface area contributed by atoms with Crippen LogP contribution in [0.1, 0.15) is 15.9 Å². The quantitative estimate of drug-likeness (QED) is 0.754. The monoisotopic (exact) mass is 289 g/mol. The van der Waals surface area contributed by atoms with Crippen molar-refractivity contribution >= 4 is 29.1 Å². The number of methoxy groups -OCH3 is 1. The van der Waals surface area contributed by atoms with Crippen molar-refractivity contribution in [2.24, 2.45) is 0 Å². The molecule has 0 atom stereocenters. The van der Waals surface area contributed by atoms with Gasteiger partial charge in [-0.15, -0.1) is 11.6 Å². The summed E-state index contributed by atoms with van der Waals surface area (Å²) >= 11 is 11.8. The van der Waals surface area contributed by atoms with Crippen LogP contribution in [0.4, 0.5) is 0 Å². The average Bonchev–Trinajstić information content (AvgIpc) is 2.33. The Morgan fingerprint density at radius 1 is 1.39 bits per heavy atom. The minimum Gasteiger partial charge on any atom is -0.383 e. The molecule has 1 aromatic carbocycles. The number of carbonyl (C=O) groups is 1. The van der Waals surface area contributed by atoms with Crippen molar-refractivity contribution in [2.45, 2.75) is 6.92 Å². The van der Waals surface area contributed by atoms with Crippen LogP contribution in [0, 0.1) is 6.92 Å². The van der Waals surface area contributed by atoms with Gasteiger partial charge in [-0.1, -0.05) is 17.7 Å². The second-order valence-electron chi connectivity index (χ2n) is 3.96. The van der Waals surface area contributed by atoms with Crippen LogP contribution in [0.3, 0.4) is 0 Å². The van der Waals surface area contributed by atoms with Gasteiger partial charge in [0.05, 0.1) is 17.2 Å². The molecule has 0 saturated heterocycles. The van der Waals surface area contributed by atoms with E-state index in [9.17, 15) is 4.79 Å². The molecule has 0 saturated carbocycles. The van der Waals surface area contributed by atoms with Crippen LogP contribution in [0.25, 0.3) is 0 Å². The number of amides is 1. The molecule has 100 valence electrons. The Morgan fingerprint density at radius 2 is 2.11 bits per heavy atom. The van der Waals surface area contributed by atoms with Crippen LogP contribution >= 0.6 is 23.2 Å². The molecular weight excluding hydrogens is 273 g/mol. The SMILES string of the molecule is COCCN(CCCl)C(=O)c1ccc(C)cc1Cl. The molecule has 1 aromatic rings. The van der Waals surface area contributed by atoms with E-state index in [2.05, 4.69) is 0 Å². The number of hydrogen-bond acceptors (Lipinski definition) is 2. The lowest BCUT2D eigenvalue weighted by Crippen LogP contribution is -2.35. The Balaban J connectivity index is 2.87. The molecule has 1 rings (SSSR count). The Labute approximate surface area is 118 Å². The van der Waals surface area contributed by atoms with Gasteiger partial charge in [-0.2, -0.15) is 0 Å². The van der Waals surface area contributed by atoms with E-state index in [0.717, 1.165) is 5.56 Å². The highest BCUT2D eigenvalue weighted by molar-refractivity contribution is 6.33. The van der Waals surface area contributed by atoms with Crippen molar-refractivity contribution in [3.63, 3.8) is 0 Å². The van der Waals surface area contributed by atoms with Crippen molar-refractivity contribution in [1.29, 1.82) is 0 Å². The number of hydrogen-bond donors (Lipinski definition) is 0. The van der Waals surface area contributed by atoms with Gasteiger partial charge in [0.1, 0.15) is 0 Å². The Hall–Kier alpha value is -0.770. The van der Waals surface area contributed by atoms with Gasteiger partial charge in [-0.3, -0.25) is 4.79 Å². The number of halogens is 2. The summed E-state index contributed by atoms with van der Waals surface area (Å²) in [5.41, 5.74) is 1.53. The maximum atomic E-state index is 12.3. The first-order chi connectivity index (χ1) is 8.60. The Bertz CT molecular complexity index is 410. The standard InChI is InChI=1S/C13H17Cl2NO2/c1-10-3-4-11(12(15)9-10)13(17)16(6-5-14)7-8-18-2/h3-4,9H,5-8H2,1-2H3. The molecule has 0 aliphatic heterocycles. The number of aryl methyl sites for hydroxylation is 1. The third-order valence-electron chi connectivity index (χ3n) is 2.56. The van der Waals surface area contributed by atoms with Crippen LogP contribution < -0.4 is 0 Å². The van der Waals surface area contributed by atoms with E-state index in [0.29, 0.717) is 36.2 Å². The predicted octanol–water partition coefficient (Wildman–Crippen LogP) is 2.98. The van der Waals surface area contributed by atoms with Gasteiger partial charge in [0.25, 0.3) is 5.91 Å². The van der Waals surface area contributed by atoms with Crippen LogP contribution in [0.15, 0.2) is 18.2 Å². The van der Waals surface area contributed by atoms with Crippen LogP contribution in [0.2, 0.25) is 5.02 Å². The summed E-state index contributed by atoms with van der Waals surface area (Å²) in [7, 11) is 1.60. The molecule has 0 bridgehead atoms. The molecular formula is C13H17Cl2NO2. The zero-order valence-electron chi connectivity index (χ0n) is 10.6. The molecule has 0 radical (unpaired) electrons. The van der Waals surface area contributed by atoms with E-state index in [-0.39, 0.29) is 5.91 Å². The summed E-state index contributed by atoms with van der Waals surface area (Å²) in [4.78, 5) is 13.9. The molecule has 0 spiro atoms. The fraction of sp³-hybridized carbons (Fsp3) is 0.462. The van der Waals surface area contributed by atoms with Gasteiger partial charge in [-0.05, 0) is 24.6 Å². The minimum absolute atomic E-state index is 0.113. The van der Waals surface area contributed by atoms with E-state index in [1.165, 1.54) is 0 Å². The molecule has 0 aromatic heterocycles. The molecule has 1 amide bonds. The van der Waals surface area contributed by atoms with Crippen LogP contribution in [-0.4, -0.2) is 43.5 Å². The first-order valence-electron chi connectivity index (χ1n) is 5.70. The zero-order valence-corrected chi connectivity index (χ0v) is 12.1. The van der Waals surface area contributed by atoms with Crippen molar-refractivity contribution in [3.05, 3.63) is 34.3 Å². The molecule has 0 N–H and O–H groups in total. The van der Waals surface area contributed by atoms with Crippen LogP contribution in [0.5, 0.6) is 0 Å². The van der Waals surface area contributed by atoms with Gasteiger partial charge in [0.15, 0.2) is 0 Å². The Morgan fingerprint density at radius 3 is 2.67 bits per heavy atom. The van der Waals surface area contributed by atoms with E-state index >= 15 is 0 Å². The second-order valence-corrected chi connectivity index (χ2v) is 4.74. The van der Waals surface area contributed by atoms with Gasteiger partial charge >= 0.3 is 0 Å². The molecule has 3 nitrogen and oxygen atoms in total. The number of rotatable bonds is 6. The summed E-state index contributed by atoms with van der Waals surface area (Å²) < 4.78 is 4.98. The number of benzene rings is 1. The van der Waals surface area contributed by atoms with Crippen molar-refractivity contribution < 1.29 is 9.53 Å². The summed E-state index contributed by atoms with van der Waals surface area (Å²) in [5, 5.41) is 0.469. The normalized spacial score (nSPS) is 10.4. The van der Waals surface area contributed by atoms with Crippen molar-refractivity contribution in [2.75, 3.05) is 32.7 Å². The third kappa shape index (κ3) is 4.16. The highest BCUT2D eigenvalue weighted by atomic mass is 35.5. The first-order valence-corrected chi connectivity index (χ1v) is 6.61. The second kappa shape index (κ2) is 7.62. The van der Waals surface area contributed by atoms with E-state index < -0.39 is 0 Å². The fourth-order valence-electron chi connectivity index (χ4n) is 1.58. The smallest absolute Gasteiger partial charge is 0.255 e. The van der Waals surface area contributed by atoms with Gasteiger partial charge < -0.3 is 9.64 Å². The minimum atomic E-state index is -0.113. The zero-order chi connectivity index (χ0) is 13.5. The van der Waals surface area contributed by atoms with E-state index in [1.54, 1.807) is 24.1 Å². The number of carbonyl (C=O) groups excluding carboxylic acids is 1. The largest absolute Gasteiger partial charge is 0.383 e. The topological polar surface area (TPSA) is 29.5 Å².